The van der Waals surface area contributed by atoms with Crippen molar-refractivity contribution < 1.29 is 9.53 Å². The summed E-state index contributed by atoms with van der Waals surface area (Å²) < 4.78 is 5.35. The molecule has 1 N–H and O–H groups in total. The van der Waals surface area contributed by atoms with Crippen molar-refractivity contribution >= 4 is 17.8 Å². The molecule has 1 unspecified atom stereocenters. The van der Waals surface area contributed by atoms with Gasteiger partial charge in [0.25, 0.3) is 0 Å². The Morgan fingerprint density at radius 2 is 1.90 bits per heavy atom. The van der Waals surface area contributed by atoms with Crippen molar-refractivity contribution in [2.45, 2.75) is 19.1 Å². The van der Waals surface area contributed by atoms with Gasteiger partial charge in [0.2, 0.25) is 0 Å². The molecular formula is C23H29N5O2. The molecule has 0 spiro atoms. The second-order valence-electron chi connectivity index (χ2n) is 7.63. The van der Waals surface area contributed by atoms with Gasteiger partial charge < -0.3 is 14.5 Å². The van der Waals surface area contributed by atoms with Gasteiger partial charge in [0.05, 0.1) is 7.11 Å². The Balaban J connectivity index is 1.29. The van der Waals surface area contributed by atoms with Crippen molar-refractivity contribution in [2.75, 3.05) is 44.7 Å². The molecule has 4 rings (SSSR count). The highest BCUT2D eigenvalue weighted by Gasteiger charge is 2.27. The van der Waals surface area contributed by atoms with Crippen molar-refractivity contribution in [1.29, 1.82) is 0 Å². The predicted molar refractivity (Wildman–Crippen MR) is 119 cm³/mol. The number of hydrogen-bond acceptors (Lipinski definition) is 7. The predicted octanol–water partition coefficient (Wildman–Crippen LogP) is 2.15. The molecule has 2 aliphatic rings. The lowest BCUT2D eigenvalue weighted by molar-refractivity contribution is -0.111. The lowest BCUT2D eigenvalue weighted by atomic mass is 10.2. The van der Waals surface area contributed by atoms with Crippen LogP contribution in [0.5, 0.6) is 5.75 Å². The Kier molecular flexibility index (Phi) is 6.49. The second-order valence-corrected chi connectivity index (χ2v) is 7.63. The maximum absolute atomic E-state index is 11.5. The summed E-state index contributed by atoms with van der Waals surface area (Å²) in [4.78, 5) is 18.4. The number of nitrogens with one attached hydrogen (secondary N) is 1. The number of methoxy groups -OCH3 is 1. The van der Waals surface area contributed by atoms with Crippen LogP contribution < -0.4 is 15.1 Å². The quantitative estimate of drug-likeness (QED) is 0.677. The van der Waals surface area contributed by atoms with E-state index in [1.807, 2.05) is 30.3 Å². The van der Waals surface area contributed by atoms with Crippen LogP contribution in [0, 0.1) is 0 Å². The summed E-state index contributed by atoms with van der Waals surface area (Å²) in [5.41, 5.74) is 5.34. The molecule has 0 amide bonds. The highest BCUT2D eigenvalue weighted by atomic mass is 16.5. The van der Waals surface area contributed by atoms with Gasteiger partial charge in [0.1, 0.15) is 11.6 Å². The van der Waals surface area contributed by atoms with Gasteiger partial charge in [-0.1, -0.05) is 36.4 Å². The Hall–Kier alpha value is -3.06. The van der Waals surface area contributed by atoms with Gasteiger partial charge in [-0.25, -0.2) is 0 Å². The van der Waals surface area contributed by atoms with E-state index in [0.29, 0.717) is 6.54 Å². The van der Waals surface area contributed by atoms with E-state index in [1.165, 1.54) is 11.3 Å². The normalized spacial score (nSPS) is 19.4. The molecule has 0 bridgehead atoms. The third-order valence-corrected chi connectivity index (χ3v) is 5.76. The van der Waals surface area contributed by atoms with Crippen LogP contribution >= 0.6 is 0 Å². The van der Waals surface area contributed by atoms with Crippen molar-refractivity contribution in [3.05, 3.63) is 60.2 Å². The van der Waals surface area contributed by atoms with Crippen LogP contribution in [0.2, 0.25) is 0 Å². The van der Waals surface area contributed by atoms with Gasteiger partial charge in [-0.15, -0.1) is 0 Å². The first-order valence-electron chi connectivity index (χ1n) is 10.5. The van der Waals surface area contributed by atoms with Gasteiger partial charge in [-0.05, 0) is 17.7 Å². The van der Waals surface area contributed by atoms with Crippen LogP contribution in [0.1, 0.15) is 12.0 Å². The minimum atomic E-state index is -0.384. The molecule has 1 atom stereocenters. The van der Waals surface area contributed by atoms with Gasteiger partial charge in [0.15, 0.2) is 12.5 Å². The highest BCUT2D eigenvalue weighted by molar-refractivity contribution is 5.86. The van der Waals surface area contributed by atoms with E-state index in [1.54, 1.807) is 7.11 Å². The van der Waals surface area contributed by atoms with Crippen LogP contribution in [0.15, 0.2) is 59.7 Å². The molecule has 2 aromatic rings. The van der Waals surface area contributed by atoms with Crippen molar-refractivity contribution in [2.24, 2.45) is 5.10 Å². The molecule has 2 aromatic carbocycles. The summed E-state index contributed by atoms with van der Waals surface area (Å²) in [6, 6.07) is 18.4. The highest BCUT2D eigenvalue weighted by Crippen LogP contribution is 2.22. The number of benzene rings is 2. The van der Waals surface area contributed by atoms with Gasteiger partial charge in [-0.3, -0.25) is 15.1 Å². The first-order valence-corrected chi connectivity index (χ1v) is 10.5. The molecule has 0 aliphatic carbocycles. The van der Waals surface area contributed by atoms with E-state index in [0.717, 1.165) is 57.0 Å². The van der Waals surface area contributed by atoms with Crippen molar-refractivity contribution in [1.82, 2.24) is 15.2 Å². The fourth-order valence-corrected chi connectivity index (χ4v) is 4.00. The monoisotopic (exact) mass is 407 g/mol. The molecule has 30 heavy (non-hydrogen) atoms. The van der Waals surface area contributed by atoms with E-state index in [4.69, 9.17) is 4.74 Å². The number of amidine groups is 1. The number of carbonyl (C=O) groups excluding carboxylic acids is 1. The van der Waals surface area contributed by atoms with Gasteiger partial charge in [-0.2, -0.15) is 5.10 Å². The minimum absolute atomic E-state index is 0.384. The molecule has 0 saturated carbocycles. The number of piperazine rings is 1. The topological polar surface area (TPSA) is 60.4 Å². The zero-order valence-corrected chi connectivity index (χ0v) is 17.4. The van der Waals surface area contributed by atoms with Crippen molar-refractivity contribution in [3.63, 3.8) is 0 Å². The SMILES string of the molecule is COc1cccc(N2CCN(CCC3=NNC(C=O)N3Cc3ccccc3)CC2)c1. The summed E-state index contributed by atoms with van der Waals surface area (Å²) in [5.74, 6) is 1.84. The first-order chi connectivity index (χ1) is 14.8. The number of rotatable bonds is 8. The fourth-order valence-electron chi connectivity index (χ4n) is 4.00. The maximum Gasteiger partial charge on any atom is 0.173 e. The van der Waals surface area contributed by atoms with E-state index in [-0.39, 0.29) is 6.17 Å². The summed E-state index contributed by atoms with van der Waals surface area (Å²) in [6.07, 6.45) is 1.36. The third kappa shape index (κ3) is 4.74. The number of aldehydes is 1. The van der Waals surface area contributed by atoms with Crippen molar-refractivity contribution in [3.8, 4) is 5.75 Å². The van der Waals surface area contributed by atoms with E-state index in [9.17, 15) is 4.79 Å². The largest absolute Gasteiger partial charge is 0.497 e. The molecule has 2 aliphatic heterocycles. The maximum atomic E-state index is 11.5. The molecule has 7 heteroatoms. The lowest BCUT2D eigenvalue weighted by Gasteiger charge is -2.36. The molecular weight excluding hydrogens is 378 g/mol. The number of anilines is 1. The Morgan fingerprint density at radius 3 is 2.63 bits per heavy atom. The molecule has 1 saturated heterocycles. The van der Waals surface area contributed by atoms with E-state index < -0.39 is 0 Å². The minimum Gasteiger partial charge on any atom is -0.497 e. The number of hydrazone groups is 1. The molecule has 158 valence electrons. The number of carbonyl (C=O) groups is 1. The molecule has 1 fully saturated rings. The average Bonchev–Trinajstić information content (AvgIpc) is 3.20. The number of ether oxygens (including phenoxy) is 1. The number of hydrogen-bond donors (Lipinski definition) is 1. The standard InChI is InChI=1S/C23H29N5O2/c1-30-21-9-5-8-20(16-21)27-14-12-26(13-15-27)11-10-22-24-25-23(18-29)28(22)17-19-6-3-2-4-7-19/h2-9,16,18,23,25H,10-15,17H2,1H3. The molecule has 2 heterocycles. The fraction of sp³-hybridized carbons (Fsp3) is 0.391. The average molecular weight is 408 g/mol. The Labute approximate surface area is 177 Å². The van der Waals surface area contributed by atoms with Gasteiger partial charge >= 0.3 is 0 Å². The lowest BCUT2D eigenvalue weighted by Crippen LogP contribution is -2.47. The smallest absolute Gasteiger partial charge is 0.173 e. The van der Waals surface area contributed by atoms with E-state index >= 15 is 0 Å². The van der Waals surface area contributed by atoms with Crippen LogP contribution in [-0.4, -0.2) is 67.9 Å². The van der Waals surface area contributed by atoms with E-state index in [2.05, 4.69) is 49.5 Å². The summed E-state index contributed by atoms with van der Waals surface area (Å²) in [6.45, 7) is 5.61. The summed E-state index contributed by atoms with van der Waals surface area (Å²) >= 11 is 0. The summed E-state index contributed by atoms with van der Waals surface area (Å²) in [5, 5.41) is 4.44. The Morgan fingerprint density at radius 1 is 1.10 bits per heavy atom. The first kappa shape index (κ1) is 20.2. The molecule has 0 aromatic heterocycles. The second kappa shape index (κ2) is 9.63. The third-order valence-electron chi connectivity index (χ3n) is 5.76. The Bertz CT molecular complexity index is 865. The molecule has 7 nitrogen and oxygen atoms in total. The zero-order valence-electron chi connectivity index (χ0n) is 17.4. The van der Waals surface area contributed by atoms with Crippen LogP contribution in [0.4, 0.5) is 5.69 Å². The van der Waals surface area contributed by atoms with Gasteiger partial charge in [0, 0.05) is 57.4 Å². The summed E-state index contributed by atoms with van der Waals surface area (Å²) in [7, 11) is 1.70. The van der Waals surface area contributed by atoms with Crippen LogP contribution in [0.25, 0.3) is 0 Å². The molecule has 0 radical (unpaired) electrons. The zero-order chi connectivity index (χ0) is 20.8. The van der Waals surface area contributed by atoms with Crippen LogP contribution in [-0.2, 0) is 11.3 Å². The van der Waals surface area contributed by atoms with Crippen LogP contribution in [0.3, 0.4) is 0 Å². The number of nitrogens with zero attached hydrogens (tertiary/aromatic N) is 4.